The van der Waals surface area contributed by atoms with Gasteiger partial charge in [-0.15, -0.1) is 0 Å². The van der Waals surface area contributed by atoms with Crippen LogP contribution in [0, 0.1) is 0 Å². The number of hydrogen-bond acceptors (Lipinski definition) is 8. The molecule has 49 heavy (non-hydrogen) atoms. The lowest BCUT2D eigenvalue weighted by atomic mass is 9.92. The second-order valence-corrected chi connectivity index (χ2v) is 11.7. The number of benzene rings is 6. The number of fused-ring (bicyclic) bond motifs is 3. The normalized spacial score (nSPS) is 11.3. The molecule has 2 aromatic heterocycles. The van der Waals surface area contributed by atoms with E-state index in [2.05, 4.69) is 40.3 Å². The van der Waals surface area contributed by atoms with E-state index >= 15 is 0 Å². The monoisotopic (exact) mass is 641 g/mol. The van der Waals surface area contributed by atoms with Crippen LogP contribution in [0.2, 0.25) is 0 Å². The Morgan fingerprint density at radius 3 is 1.63 bits per heavy atom. The molecule has 0 unspecified atom stereocenters. The molecule has 8 aromatic rings. The summed E-state index contributed by atoms with van der Waals surface area (Å²) in [7, 11) is 0. The molecule has 0 fully saturated rings. The van der Waals surface area contributed by atoms with Crippen molar-refractivity contribution in [3.8, 4) is 84.9 Å². The van der Waals surface area contributed by atoms with Crippen molar-refractivity contribution in [2.75, 3.05) is 0 Å². The Morgan fingerprint density at radius 2 is 0.959 bits per heavy atom. The molecule has 8 heteroatoms. The van der Waals surface area contributed by atoms with Crippen molar-refractivity contribution in [3.63, 3.8) is 0 Å². The molecule has 0 aliphatic heterocycles. The highest BCUT2D eigenvalue weighted by atomic mass is 16.4. The standard InChI is InChI=1S/C41H27N3O5/c45-36-35(37(46)39(48)40(49)38(36)47)41-43-33(26-11-5-9-23(18-26)28-13-7-17-42-22-28)21-34(44-41)27-12-6-10-24(19-27)32-20-25-8-1-2-14-29(25)30-15-3-4-16-31(30)32/h1-22,45-49H. The lowest BCUT2D eigenvalue weighted by molar-refractivity contribution is 0.329. The first-order chi connectivity index (χ1) is 23.9. The maximum atomic E-state index is 10.9. The van der Waals surface area contributed by atoms with Gasteiger partial charge in [-0.1, -0.05) is 91.0 Å². The Balaban J connectivity index is 1.35. The quantitative estimate of drug-likeness (QED) is 0.0712. The van der Waals surface area contributed by atoms with Gasteiger partial charge in [-0.2, -0.15) is 0 Å². The highest BCUT2D eigenvalue weighted by Crippen LogP contribution is 2.54. The molecule has 0 saturated carbocycles. The van der Waals surface area contributed by atoms with Crippen LogP contribution >= 0.6 is 0 Å². The van der Waals surface area contributed by atoms with Crippen LogP contribution in [0.15, 0.2) is 134 Å². The van der Waals surface area contributed by atoms with Crippen LogP contribution in [-0.4, -0.2) is 40.5 Å². The molecule has 5 N–H and O–H groups in total. The van der Waals surface area contributed by atoms with Gasteiger partial charge in [0.05, 0.1) is 11.4 Å². The molecule has 0 saturated heterocycles. The number of pyridine rings is 1. The number of nitrogens with zero attached hydrogens (tertiary/aromatic N) is 3. The fourth-order valence-corrected chi connectivity index (χ4v) is 6.28. The first kappa shape index (κ1) is 29.5. The summed E-state index contributed by atoms with van der Waals surface area (Å²) in [6, 6.07) is 39.9. The van der Waals surface area contributed by atoms with E-state index < -0.39 is 34.3 Å². The summed E-state index contributed by atoms with van der Waals surface area (Å²) in [6.45, 7) is 0. The Kier molecular flexibility index (Phi) is 7.04. The molecule has 0 spiro atoms. The lowest BCUT2D eigenvalue weighted by Gasteiger charge is -2.15. The zero-order valence-electron chi connectivity index (χ0n) is 25.8. The molecule has 8 nitrogen and oxygen atoms in total. The minimum atomic E-state index is -1.06. The molecule has 0 aliphatic carbocycles. The van der Waals surface area contributed by atoms with Gasteiger partial charge in [0.2, 0.25) is 17.2 Å². The van der Waals surface area contributed by atoms with Crippen LogP contribution in [0.25, 0.3) is 77.7 Å². The number of phenolic OH excluding ortho intramolecular Hbond substituents is 5. The van der Waals surface area contributed by atoms with E-state index in [0.717, 1.165) is 43.8 Å². The number of rotatable bonds is 5. The summed E-state index contributed by atoms with van der Waals surface area (Å²) in [5.41, 5.74) is 5.66. The molecule has 0 atom stereocenters. The average molecular weight is 642 g/mol. The average Bonchev–Trinajstić information content (AvgIpc) is 3.16. The Morgan fingerprint density at radius 1 is 0.408 bits per heavy atom. The summed E-state index contributed by atoms with van der Waals surface area (Å²) in [5, 5.41) is 57.1. The van der Waals surface area contributed by atoms with E-state index in [1.165, 1.54) is 0 Å². The van der Waals surface area contributed by atoms with Crippen molar-refractivity contribution in [2.24, 2.45) is 0 Å². The third kappa shape index (κ3) is 5.08. The minimum absolute atomic E-state index is 0.179. The summed E-state index contributed by atoms with van der Waals surface area (Å²) < 4.78 is 0. The van der Waals surface area contributed by atoms with Crippen molar-refractivity contribution in [1.82, 2.24) is 15.0 Å². The largest absolute Gasteiger partial charge is 0.504 e. The van der Waals surface area contributed by atoms with Crippen LogP contribution < -0.4 is 0 Å². The van der Waals surface area contributed by atoms with E-state index in [1.54, 1.807) is 18.5 Å². The molecule has 6 aromatic carbocycles. The Bertz CT molecular complexity index is 2540. The van der Waals surface area contributed by atoms with Crippen LogP contribution in [0.1, 0.15) is 0 Å². The molecular formula is C41H27N3O5. The number of aromatic hydroxyl groups is 5. The summed E-state index contributed by atoms with van der Waals surface area (Å²) in [6.07, 6.45) is 3.46. The van der Waals surface area contributed by atoms with Crippen LogP contribution in [0.5, 0.6) is 28.7 Å². The molecule has 0 amide bonds. The van der Waals surface area contributed by atoms with E-state index in [0.29, 0.717) is 22.5 Å². The van der Waals surface area contributed by atoms with Gasteiger partial charge in [0.25, 0.3) is 0 Å². The maximum absolute atomic E-state index is 10.9. The van der Waals surface area contributed by atoms with Gasteiger partial charge in [-0.25, -0.2) is 9.97 Å². The van der Waals surface area contributed by atoms with Crippen molar-refractivity contribution in [2.45, 2.75) is 0 Å². The van der Waals surface area contributed by atoms with Gasteiger partial charge >= 0.3 is 0 Å². The smallest absolute Gasteiger partial charge is 0.208 e. The van der Waals surface area contributed by atoms with Gasteiger partial charge in [0.1, 0.15) is 5.56 Å². The van der Waals surface area contributed by atoms with E-state index in [1.807, 2.05) is 84.9 Å². The number of hydrogen-bond donors (Lipinski definition) is 5. The topological polar surface area (TPSA) is 140 Å². The number of aromatic nitrogens is 3. The van der Waals surface area contributed by atoms with Gasteiger partial charge in [-0.3, -0.25) is 4.98 Å². The minimum Gasteiger partial charge on any atom is -0.504 e. The predicted octanol–water partition coefficient (Wildman–Crippen LogP) is 9.04. The zero-order valence-corrected chi connectivity index (χ0v) is 25.8. The van der Waals surface area contributed by atoms with Gasteiger partial charge in [-0.05, 0) is 68.6 Å². The van der Waals surface area contributed by atoms with E-state index in [-0.39, 0.29) is 5.82 Å². The van der Waals surface area contributed by atoms with Crippen molar-refractivity contribution < 1.29 is 25.5 Å². The van der Waals surface area contributed by atoms with Crippen molar-refractivity contribution in [3.05, 3.63) is 134 Å². The van der Waals surface area contributed by atoms with Gasteiger partial charge < -0.3 is 25.5 Å². The SMILES string of the molecule is Oc1c(O)c(O)c(-c2nc(-c3cccc(-c4cccnc4)c3)cc(-c3cccc(-c4cc5ccccc5c5ccccc45)c3)n2)c(O)c1O. The molecule has 236 valence electrons. The molecule has 0 radical (unpaired) electrons. The summed E-state index contributed by atoms with van der Waals surface area (Å²) in [4.78, 5) is 13.6. The number of phenols is 5. The van der Waals surface area contributed by atoms with Crippen LogP contribution in [-0.2, 0) is 0 Å². The third-order valence-corrected chi connectivity index (χ3v) is 8.71. The Labute approximate surface area is 280 Å². The second kappa shape index (κ2) is 11.7. The molecule has 0 aliphatic rings. The first-order valence-electron chi connectivity index (χ1n) is 15.5. The first-order valence-corrected chi connectivity index (χ1v) is 15.5. The summed E-state index contributed by atoms with van der Waals surface area (Å²) >= 11 is 0. The van der Waals surface area contributed by atoms with Crippen LogP contribution in [0.4, 0.5) is 0 Å². The summed E-state index contributed by atoms with van der Waals surface area (Å²) in [5.74, 6) is -5.02. The fraction of sp³-hybridized carbons (Fsp3) is 0. The van der Waals surface area contributed by atoms with Crippen molar-refractivity contribution in [1.29, 1.82) is 0 Å². The predicted molar refractivity (Wildman–Crippen MR) is 190 cm³/mol. The van der Waals surface area contributed by atoms with Crippen molar-refractivity contribution >= 4 is 21.5 Å². The third-order valence-electron chi connectivity index (χ3n) is 8.71. The lowest BCUT2D eigenvalue weighted by Crippen LogP contribution is -1.97. The molecule has 2 heterocycles. The zero-order chi connectivity index (χ0) is 33.6. The Hall–Kier alpha value is -6.93. The highest BCUT2D eigenvalue weighted by Gasteiger charge is 2.27. The second-order valence-electron chi connectivity index (χ2n) is 11.7. The van der Waals surface area contributed by atoms with Crippen LogP contribution in [0.3, 0.4) is 0 Å². The maximum Gasteiger partial charge on any atom is 0.208 e. The van der Waals surface area contributed by atoms with Gasteiger partial charge in [0.15, 0.2) is 17.3 Å². The van der Waals surface area contributed by atoms with E-state index in [9.17, 15) is 25.5 Å². The van der Waals surface area contributed by atoms with Gasteiger partial charge in [0, 0.05) is 29.1 Å². The fourth-order valence-electron chi connectivity index (χ4n) is 6.28. The molecule has 8 rings (SSSR count). The van der Waals surface area contributed by atoms with E-state index in [4.69, 9.17) is 4.98 Å². The molecule has 0 bridgehead atoms. The highest BCUT2D eigenvalue weighted by molar-refractivity contribution is 6.13. The molecular weight excluding hydrogens is 614 g/mol.